The van der Waals surface area contributed by atoms with Crippen LogP contribution in [0, 0.1) is 47.3 Å². The normalized spacial score (nSPS) is 42.8. The SMILES string of the molecule is CC(C)C1C2CC(C(COC3CCCCO3)C2COC2CCCCO2)C1C(C)C. The van der Waals surface area contributed by atoms with E-state index in [4.69, 9.17) is 18.9 Å². The summed E-state index contributed by atoms with van der Waals surface area (Å²) < 4.78 is 24.4. The van der Waals surface area contributed by atoms with Gasteiger partial charge in [0.1, 0.15) is 0 Å². The predicted octanol–water partition coefficient (Wildman–Crippen LogP) is 5.50. The average molecular weight is 409 g/mol. The molecule has 2 saturated heterocycles. The van der Waals surface area contributed by atoms with Crippen LogP contribution in [0.25, 0.3) is 0 Å². The van der Waals surface area contributed by atoms with E-state index in [1.165, 1.54) is 32.1 Å². The maximum absolute atomic E-state index is 6.36. The van der Waals surface area contributed by atoms with Crippen molar-refractivity contribution in [3.8, 4) is 0 Å². The van der Waals surface area contributed by atoms with Crippen molar-refractivity contribution < 1.29 is 18.9 Å². The Bertz CT molecular complexity index is 451. The van der Waals surface area contributed by atoms with Crippen molar-refractivity contribution in [3.63, 3.8) is 0 Å². The van der Waals surface area contributed by atoms with Gasteiger partial charge in [-0.2, -0.15) is 0 Å². The van der Waals surface area contributed by atoms with E-state index in [1.807, 2.05) is 0 Å². The summed E-state index contributed by atoms with van der Waals surface area (Å²) in [5, 5.41) is 0. The number of hydrogen-bond acceptors (Lipinski definition) is 4. The molecule has 0 aromatic heterocycles. The third-order valence-corrected chi connectivity index (χ3v) is 8.39. The fraction of sp³-hybridized carbons (Fsp3) is 1.00. The van der Waals surface area contributed by atoms with Gasteiger partial charge in [-0.1, -0.05) is 27.7 Å². The lowest BCUT2D eigenvalue weighted by atomic mass is 9.62. The lowest BCUT2D eigenvalue weighted by Crippen LogP contribution is -2.44. The maximum atomic E-state index is 6.36. The maximum Gasteiger partial charge on any atom is 0.157 e. The monoisotopic (exact) mass is 408 g/mol. The molecule has 4 fully saturated rings. The fourth-order valence-electron chi connectivity index (χ4n) is 7.25. The first-order chi connectivity index (χ1) is 14.1. The van der Waals surface area contributed by atoms with Gasteiger partial charge in [-0.25, -0.2) is 0 Å². The summed E-state index contributed by atoms with van der Waals surface area (Å²) in [4.78, 5) is 0. The fourth-order valence-corrected chi connectivity index (χ4v) is 7.25. The highest BCUT2D eigenvalue weighted by Crippen LogP contribution is 2.62. The third kappa shape index (κ3) is 4.86. The number of ether oxygens (including phenoxy) is 4. The van der Waals surface area contributed by atoms with Gasteiger partial charge in [-0.05, 0) is 92.3 Å². The van der Waals surface area contributed by atoms with Crippen LogP contribution in [-0.2, 0) is 18.9 Å². The van der Waals surface area contributed by atoms with Crippen LogP contribution in [0.5, 0.6) is 0 Å². The molecule has 4 nitrogen and oxygen atoms in total. The molecule has 2 aliphatic heterocycles. The molecule has 2 aliphatic carbocycles. The van der Waals surface area contributed by atoms with Gasteiger partial charge in [0.15, 0.2) is 12.6 Å². The van der Waals surface area contributed by atoms with E-state index in [-0.39, 0.29) is 12.6 Å². The van der Waals surface area contributed by atoms with Crippen LogP contribution < -0.4 is 0 Å². The second-order valence-electron chi connectivity index (χ2n) is 10.8. The molecule has 8 atom stereocenters. The molecule has 2 heterocycles. The molecule has 0 amide bonds. The first kappa shape index (κ1) is 22.0. The summed E-state index contributed by atoms with van der Waals surface area (Å²) in [5.41, 5.74) is 0. The van der Waals surface area contributed by atoms with E-state index < -0.39 is 0 Å². The van der Waals surface area contributed by atoms with E-state index in [1.54, 1.807) is 0 Å². The second kappa shape index (κ2) is 9.97. The lowest BCUT2D eigenvalue weighted by molar-refractivity contribution is -0.194. The molecular formula is C25H44O4. The molecule has 168 valence electrons. The smallest absolute Gasteiger partial charge is 0.157 e. The van der Waals surface area contributed by atoms with Crippen molar-refractivity contribution in [2.24, 2.45) is 47.3 Å². The molecular weight excluding hydrogens is 364 g/mol. The number of rotatable bonds is 8. The lowest BCUT2D eigenvalue weighted by Gasteiger charge is -2.45. The first-order valence-electron chi connectivity index (χ1n) is 12.5. The quantitative estimate of drug-likeness (QED) is 0.531. The minimum absolute atomic E-state index is 0.0181. The van der Waals surface area contributed by atoms with Crippen LogP contribution in [0.1, 0.15) is 72.6 Å². The van der Waals surface area contributed by atoms with Crippen LogP contribution in [-0.4, -0.2) is 39.0 Å². The van der Waals surface area contributed by atoms with Gasteiger partial charge in [0.2, 0.25) is 0 Å². The van der Waals surface area contributed by atoms with Crippen molar-refractivity contribution >= 4 is 0 Å². The average Bonchev–Trinajstić information content (AvgIpc) is 3.28. The van der Waals surface area contributed by atoms with Crippen LogP contribution in [0.2, 0.25) is 0 Å². The van der Waals surface area contributed by atoms with E-state index in [0.717, 1.165) is 74.8 Å². The zero-order valence-electron chi connectivity index (χ0n) is 19.2. The third-order valence-electron chi connectivity index (χ3n) is 8.39. The summed E-state index contributed by atoms with van der Waals surface area (Å²) in [6.07, 6.45) is 8.34. The van der Waals surface area contributed by atoms with Crippen LogP contribution in [0.4, 0.5) is 0 Å². The minimum atomic E-state index is 0.0181. The summed E-state index contributed by atoms with van der Waals surface area (Å²) in [7, 11) is 0. The number of hydrogen-bond donors (Lipinski definition) is 0. The predicted molar refractivity (Wildman–Crippen MR) is 114 cm³/mol. The molecule has 0 aromatic rings. The van der Waals surface area contributed by atoms with Crippen LogP contribution >= 0.6 is 0 Å². The zero-order valence-corrected chi connectivity index (χ0v) is 19.2. The van der Waals surface area contributed by atoms with E-state index >= 15 is 0 Å². The van der Waals surface area contributed by atoms with Crippen molar-refractivity contribution in [1.82, 2.24) is 0 Å². The summed E-state index contributed by atoms with van der Waals surface area (Å²) in [6, 6.07) is 0. The van der Waals surface area contributed by atoms with Gasteiger partial charge in [0, 0.05) is 13.2 Å². The van der Waals surface area contributed by atoms with Gasteiger partial charge in [0.05, 0.1) is 13.2 Å². The molecule has 8 unspecified atom stereocenters. The van der Waals surface area contributed by atoms with E-state index in [9.17, 15) is 0 Å². The zero-order chi connectivity index (χ0) is 20.4. The van der Waals surface area contributed by atoms with E-state index in [2.05, 4.69) is 27.7 Å². The Morgan fingerprint density at radius 2 is 1.14 bits per heavy atom. The standard InChI is InChI=1S/C25H44O4/c1-16(2)24-18-13-19(25(24)17(3)4)21(15-29-23-10-6-8-12-27-23)20(18)14-28-22-9-5-7-11-26-22/h16-25H,5-15H2,1-4H3. The van der Waals surface area contributed by atoms with Crippen molar-refractivity contribution in [2.75, 3.05) is 26.4 Å². The molecule has 0 N–H and O–H groups in total. The molecule has 29 heavy (non-hydrogen) atoms. The van der Waals surface area contributed by atoms with Gasteiger partial charge < -0.3 is 18.9 Å². The Balaban J connectivity index is 1.44. The summed E-state index contributed by atoms with van der Waals surface area (Å²) >= 11 is 0. The Hall–Kier alpha value is -0.160. The topological polar surface area (TPSA) is 36.9 Å². The van der Waals surface area contributed by atoms with Crippen molar-refractivity contribution in [1.29, 1.82) is 0 Å². The largest absolute Gasteiger partial charge is 0.353 e. The molecule has 0 spiro atoms. The van der Waals surface area contributed by atoms with Crippen molar-refractivity contribution in [3.05, 3.63) is 0 Å². The highest BCUT2D eigenvalue weighted by molar-refractivity contribution is 5.06. The minimum Gasteiger partial charge on any atom is -0.353 e. The Labute approximate surface area is 178 Å². The molecule has 0 radical (unpaired) electrons. The van der Waals surface area contributed by atoms with Crippen molar-refractivity contribution in [2.45, 2.75) is 85.2 Å². The Morgan fingerprint density at radius 1 is 0.690 bits per heavy atom. The molecule has 4 aliphatic rings. The second-order valence-corrected chi connectivity index (χ2v) is 10.8. The molecule has 2 bridgehead atoms. The molecule has 4 heteroatoms. The highest BCUT2D eigenvalue weighted by Gasteiger charge is 2.59. The highest BCUT2D eigenvalue weighted by atomic mass is 16.7. The Kier molecular flexibility index (Phi) is 7.58. The van der Waals surface area contributed by atoms with Gasteiger partial charge in [-0.15, -0.1) is 0 Å². The van der Waals surface area contributed by atoms with Gasteiger partial charge >= 0.3 is 0 Å². The van der Waals surface area contributed by atoms with E-state index in [0.29, 0.717) is 11.8 Å². The summed E-state index contributed by atoms with van der Waals surface area (Å²) in [6.45, 7) is 13.1. The molecule has 4 rings (SSSR count). The number of fused-ring (bicyclic) bond motifs is 2. The van der Waals surface area contributed by atoms with Gasteiger partial charge in [-0.3, -0.25) is 0 Å². The molecule has 0 aromatic carbocycles. The molecule has 2 saturated carbocycles. The first-order valence-corrected chi connectivity index (χ1v) is 12.5. The van der Waals surface area contributed by atoms with Crippen LogP contribution in [0.15, 0.2) is 0 Å². The Morgan fingerprint density at radius 3 is 1.48 bits per heavy atom. The van der Waals surface area contributed by atoms with Crippen LogP contribution in [0.3, 0.4) is 0 Å². The summed E-state index contributed by atoms with van der Waals surface area (Å²) in [5.74, 6) is 5.90. The van der Waals surface area contributed by atoms with Gasteiger partial charge in [0.25, 0.3) is 0 Å².